The number of nitrogens with zero attached hydrogens (tertiary/aromatic N) is 4. The van der Waals surface area contributed by atoms with Crippen molar-refractivity contribution in [3.05, 3.63) is 18.3 Å². The SMILES string of the molecule is CCCN1CCCN(c2ccc(S(=O)(=O)N3CCCC3)cn2)CC1. The van der Waals surface area contributed by atoms with Gasteiger partial charge >= 0.3 is 0 Å². The Kier molecular flexibility index (Phi) is 5.73. The second-order valence-electron chi connectivity index (χ2n) is 6.65. The van der Waals surface area contributed by atoms with Crippen LogP contribution in [0.5, 0.6) is 0 Å². The van der Waals surface area contributed by atoms with Crippen molar-refractivity contribution in [1.82, 2.24) is 14.2 Å². The molecule has 3 heterocycles. The number of aromatic nitrogens is 1. The summed E-state index contributed by atoms with van der Waals surface area (Å²) < 4.78 is 26.7. The van der Waals surface area contributed by atoms with E-state index in [-0.39, 0.29) is 0 Å². The van der Waals surface area contributed by atoms with Crippen molar-refractivity contribution >= 4 is 15.8 Å². The zero-order valence-corrected chi connectivity index (χ0v) is 15.3. The summed E-state index contributed by atoms with van der Waals surface area (Å²) in [4.78, 5) is 9.53. The third kappa shape index (κ3) is 3.90. The topological polar surface area (TPSA) is 56.8 Å². The second-order valence-corrected chi connectivity index (χ2v) is 8.58. The minimum Gasteiger partial charge on any atom is -0.355 e. The van der Waals surface area contributed by atoms with Crippen molar-refractivity contribution in [3.8, 4) is 0 Å². The Morgan fingerprint density at radius 2 is 1.79 bits per heavy atom. The molecule has 1 aromatic heterocycles. The highest BCUT2D eigenvalue weighted by atomic mass is 32.2. The summed E-state index contributed by atoms with van der Waals surface area (Å²) in [6.07, 6.45) is 5.73. The Balaban J connectivity index is 1.68. The molecule has 0 unspecified atom stereocenters. The van der Waals surface area contributed by atoms with Crippen LogP contribution >= 0.6 is 0 Å². The lowest BCUT2D eigenvalue weighted by Gasteiger charge is -2.23. The highest BCUT2D eigenvalue weighted by molar-refractivity contribution is 7.89. The number of hydrogen-bond acceptors (Lipinski definition) is 5. The van der Waals surface area contributed by atoms with Crippen LogP contribution in [0.1, 0.15) is 32.6 Å². The molecule has 7 heteroatoms. The molecular weight excluding hydrogens is 324 g/mol. The first-order chi connectivity index (χ1) is 11.6. The van der Waals surface area contributed by atoms with Crippen LogP contribution in [0.2, 0.25) is 0 Å². The van der Waals surface area contributed by atoms with Crippen LogP contribution in [0.25, 0.3) is 0 Å². The van der Waals surface area contributed by atoms with E-state index >= 15 is 0 Å². The van der Waals surface area contributed by atoms with E-state index in [4.69, 9.17) is 0 Å². The molecule has 24 heavy (non-hydrogen) atoms. The molecule has 0 saturated carbocycles. The monoisotopic (exact) mass is 352 g/mol. The van der Waals surface area contributed by atoms with Crippen LogP contribution < -0.4 is 4.90 Å². The first-order valence-electron chi connectivity index (χ1n) is 9.05. The van der Waals surface area contributed by atoms with Gasteiger partial charge in [0.1, 0.15) is 10.7 Å². The number of hydrogen-bond donors (Lipinski definition) is 0. The average molecular weight is 353 g/mol. The summed E-state index contributed by atoms with van der Waals surface area (Å²) in [5.41, 5.74) is 0. The first-order valence-corrected chi connectivity index (χ1v) is 10.5. The average Bonchev–Trinajstić information content (AvgIpc) is 3.04. The van der Waals surface area contributed by atoms with Crippen molar-refractivity contribution in [2.75, 3.05) is 50.7 Å². The summed E-state index contributed by atoms with van der Waals surface area (Å²) >= 11 is 0. The molecule has 2 aliphatic heterocycles. The predicted molar refractivity (Wildman–Crippen MR) is 95.8 cm³/mol. The van der Waals surface area contributed by atoms with Gasteiger partial charge in [0, 0.05) is 38.9 Å². The molecule has 0 spiro atoms. The van der Waals surface area contributed by atoms with Crippen LogP contribution in [-0.2, 0) is 10.0 Å². The lowest BCUT2D eigenvalue weighted by Crippen LogP contribution is -2.31. The van der Waals surface area contributed by atoms with E-state index < -0.39 is 10.0 Å². The van der Waals surface area contributed by atoms with Crippen LogP contribution in [0.15, 0.2) is 23.2 Å². The highest BCUT2D eigenvalue weighted by Gasteiger charge is 2.27. The van der Waals surface area contributed by atoms with Gasteiger partial charge in [-0.2, -0.15) is 4.31 Å². The summed E-state index contributed by atoms with van der Waals surface area (Å²) in [5, 5.41) is 0. The second kappa shape index (κ2) is 7.80. The van der Waals surface area contributed by atoms with E-state index in [1.54, 1.807) is 10.4 Å². The fraction of sp³-hybridized carbons (Fsp3) is 0.706. The number of sulfonamides is 1. The Hall–Kier alpha value is -1.18. The molecule has 2 fully saturated rings. The van der Waals surface area contributed by atoms with Gasteiger partial charge in [-0.05, 0) is 50.9 Å². The Bertz CT molecular complexity index is 626. The quantitative estimate of drug-likeness (QED) is 0.809. The van der Waals surface area contributed by atoms with Crippen molar-refractivity contribution in [1.29, 1.82) is 0 Å². The lowest BCUT2D eigenvalue weighted by molar-refractivity contribution is 0.294. The normalized spacial score (nSPS) is 21.1. The van der Waals surface area contributed by atoms with Gasteiger partial charge < -0.3 is 9.80 Å². The van der Waals surface area contributed by atoms with Gasteiger partial charge in [-0.25, -0.2) is 13.4 Å². The van der Waals surface area contributed by atoms with Gasteiger partial charge in [-0.1, -0.05) is 6.92 Å². The third-order valence-electron chi connectivity index (χ3n) is 4.88. The van der Waals surface area contributed by atoms with Crippen molar-refractivity contribution < 1.29 is 8.42 Å². The summed E-state index contributed by atoms with van der Waals surface area (Å²) in [6.45, 7) is 8.72. The Morgan fingerprint density at radius 1 is 1.00 bits per heavy atom. The maximum absolute atomic E-state index is 12.6. The van der Waals surface area contributed by atoms with E-state index in [0.717, 1.165) is 57.8 Å². The molecule has 0 bridgehead atoms. The smallest absolute Gasteiger partial charge is 0.244 e. The highest BCUT2D eigenvalue weighted by Crippen LogP contribution is 2.22. The zero-order valence-electron chi connectivity index (χ0n) is 14.5. The van der Waals surface area contributed by atoms with Crippen LogP contribution in [0.3, 0.4) is 0 Å². The molecular formula is C17H28N4O2S. The Morgan fingerprint density at radius 3 is 2.46 bits per heavy atom. The minimum absolute atomic E-state index is 0.315. The molecule has 2 saturated heterocycles. The van der Waals surface area contributed by atoms with Crippen molar-refractivity contribution in [3.63, 3.8) is 0 Å². The number of anilines is 1. The van der Waals surface area contributed by atoms with E-state index in [2.05, 4.69) is 21.7 Å². The number of pyridine rings is 1. The first kappa shape index (κ1) is 17.6. The Labute approximate surface area is 145 Å². The standard InChI is InChI=1S/C17H28N4O2S/c1-2-8-19-9-5-10-20(14-13-19)17-7-6-16(15-18-17)24(22,23)21-11-3-4-12-21/h6-7,15H,2-5,8-14H2,1H3. The zero-order chi connectivity index (χ0) is 17.0. The van der Waals surface area contributed by atoms with Gasteiger partial charge in [0.05, 0.1) is 0 Å². The maximum Gasteiger partial charge on any atom is 0.244 e. The molecule has 0 N–H and O–H groups in total. The van der Waals surface area contributed by atoms with Gasteiger partial charge in [-0.15, -0.1) is 0 Å². The largest absolute Gasteiger partial charge is 0.355 e. The molecule has 1 aromatic rings. The fourth-order valence-electron chi connectivity index (χ4n) is 3.53. The molecule has 0 amide bonds. The van der Waals surface area contributed by atoms with E-state index in [1.165, 1.54) is 12.6 Å². The van der Waals surface area contributed by atoms with Gasteiger partial charge in [0.15, 0.2) is 0 Å². The maximum atomic E-state index is 12.6. The van der Waals surface area contributed by atoms with E-state index in [9.17, 15) is 8.42 Å². The summed E-state index contributed by atoms with van der Waals surface area (Å²) in [6, 6.07) is 3.57. The van der Waals surface area contributed by atoms with Gasteiger partial charge in [0.2, 0.25) is 10.0 Å². The molecule has 3 rings (SSSR count). The third-order valence-corrected chi connectivity index (χ3v) is 6.76. The molecule has 6 nitrogen and oxygen atoms in total. The van der Waals surface area contributed by atoms with E-state index in [1.807, 2.05) is 6.07 Å². The van der Waals surface area contributed by atoms with E-state index in [0.29, 0.717) is 18.0 Å². The van der Waals surface area contributed by atoms with Crippen LogP contribution in [0, 0.1) is 0 Å². The van der Waals surface area contributed by atoms with Crippen molar-refractivity contribution in [2.24, 2.45) is 0 Å². The predicted octanol–water partition coefficient (Wildman–Crippen LogP) is 1.79. The van der Waals surface area contributed by atoms with Crippen molar-refractivity contribution in [2.45, 2.75) is 37.5 Å². The summed E-state index contributed by atoms with van der Waals surface area (Å²) in [5.74, 6) is 0.883. The molecule has 0 aliphatic carbocycles. The number of rotatable bonds is 5. The molecule has 2 aliphatic rings. The fourth-order valence-corrected chi connectivity index (χ4v) is 4.99. The minimum atomic E-state index is -3.37. The molecule has 0 radical (unpaired) electrons. The van der Waals surface area contributed by atoms with Crippen LogP contribution in [-0.4, -0.2) is 68.4 Å². The molecule has 0 atom stereocenters. The molecule has 0 aromatic carbocycles. The van der Waals surface area contributed by atoms with Crippen LogP contribution in [0.4, 0.5) is 5.82 Å². The van der Waals surface area contributed by atoms with Gasteiger partial charge in [0.25, 0.3) is 0 Å². The summed E-state index contributed by atoms with van der Waals surface area (Å²) in [7, 11) is -3.37. The lowest BCUT2D eigenvalue weighted by atomic mass is 10.3. The van der Waals surface area contributed by atoms with Gasteiger partial charge in [-0.3, -0.25) is 0 Å². The molecule has 134 valence electrons.